The maximum atomic E-state index is 10.5. The first-order chi connectivity index (χ1) is 9.12. The van der Waals surface area contributed by atoms with Gasteiger partial charge in [0.05, 0.1) is 32.5 Å². The summed E-state index contributed by atoms with van der Waals surface area (Å²) in [5.74, 6) is -0.242. The number of carbonyl (C=O) groups excluding carboxylic acids is 1. The van der Waals surface area contributed by atoms with Crippen LogP contribution in [0.2, 0.25) is 0 Å². The van der Waals surface area contributed by atoms with Gasteiger partial charge in [0.25, 0.3) is 0 Å². The van der Waals surface area contributed by atoms with Crippen LogP contribution in [-0.4, -0.2) is 62.4 Å². The average Bonchev–Trinajstić information content (AvgIpc) is 2.40. The molecule has 6 heteroatoms. The molecule has 0 aromatic carbocycles. The summed E-state index contributed by atoms with van der Waals surface area (Å²) in [7, 11) is 1.64. The van der Waals surface area contributed by atoms with Gasteiger partial charge in [-0.15, -0.1) is 0 Å². The Morgan fingerprint density at radius 3 is 2.16 bits per heavy atom. The Hall–Kier alpha value is -0.690. The molecule has 0 heterocycles. The molecule has 0 aromatic heterocycles. The zero-order valence-corrected chi connectivity index (χ0v) is 12.3. The Bertz CT molecular complexity index is 182. The van der Waals surface area contributed by atoms with E-state index in [1.54, 1.807) is 7.11 Å². The molecule has 0 aliphatic heterocycles. The first-order valence-electron chi connectivity index (χ1n) is 6.57. The summed E-state index contributed by atoms with van der Waals surface area (Å²) in [6.45, 7) is 4.61. The van der Waals surface area contributed by atoms with Crippen LogP contribution < -0.4 is 0 Å². The average molecular weight is 280 g/mol. The van der Waals surface area contributed by atoms with Crippen LogP contribution in [0.5, 0.6) is 0 Å². The van der Waals surface area contributed by atoms with Gasteiger partial charge in [-0.05, 0) is 6.42 Å². The molecule has 0 radical (unpaired) electrons. The number of hydrogen-bond donors (Lipinski definition) is 2. The molecular formula is C13H28O6. The number of methoxy groups -OCH3 is 1. The second-order valence-electron chi connectivity index (χ2n) is 3.86. The third-order valence-electron chi connectivity index (χ3n) is 2.16. The van der Waals surface area contributed by atoms with Crippen LogP contribution in [-0.2, 0) is 19.0 Å². The molecule has 0 aliphatic rings. The minimum absolute atomic E-state index is 0.0278. The third kappa shape index (κ3) is 19.8. The lowest BCUT2D eigenvalue weighted by Crippen LogP contribution is -2.19. The van der Waals surface area contributed by atoms with Gasteiger partial charge < -0.3 is 24.4 Å². The summed E-state index contributed by atoms with van der Waals surface area (Å²) in [5.41, 5.74) is 0. The van der Waals surface area contributed by atoms with E-state index < -0.39 is 0 Å². The topological polar surface area (TPSA) is 85.2 Å². The highest BCUT2D eigenvalue weighted by Gasteiger charge is 2.07. The van der Waals surface area contributed by atoms with E-state index in [1.165, 1.54) is 6.92 Å². The Kier molecular flexibility index (Phi) is 18.8. The Morgan fingerprint density at radius 1 is 1.21 bits per heavy atom. The predicted molar refractivity (Wildman–Crippen MR) is 71.9 cm³/mol. The van der Waals surface area contributed by atoms with Crippen molar-refractivity contribution in [2.24, 2.45) is 0 Å². The number of carbonyl (C=O) groups is 1. The SMILES string of the molecule is CCCCC(COC(C)=O)OC.OCCOCCO. The van der Waals surface area contributed by atoms with Crippen LogP contribution in [0.1, 0.15) is 33.1 Å². The van der Waals surface area contributed by atoms with E-state index in [4.69, 9.17) is 19.7 Å². The zero-order valence-electron chi connectivity index (χ0n) is 12.3. The van der Waals surface area contributed by atoms with Gasteiger partial charge in [0.2, 0.25) is 0 Å². The number of aliphatic hydroxyl groups excluding tert-OH is 2. The molecule has 0 spiro atoms. The van der Waals surface area contributed by atoms with Crippen molar-refractivity contribution in [1.82, 2.24) is 0 Å². The molecule has 0 aromatic rings. The van der Waals surface area contributed by atoms with Gasteiger partial charge in [-0.2, -0.15) is 0 Å². The molecule has 0 rings (SSSR count). The molecule has 2 N–H and O–H groups in total. The van der Waals surface area contributed by atoms with E-state index in [0.29, 0.717) is 19.8 Å². The number of rotatable bonds is 10. The highest BCUT2D eigenvalue weighted by atomic mass is 16.6. The van der Waals surface area contributed by atoms with Gasteiger partial charge in [0, 0.05) is 14.0 Å². The van der Waals surface area contributed by atoms with Crippen LogP contribution >= 0.6 is 0 Å². The van der Waals surface area contributed by atoms with Crippen molar-refractivity contribution in [1.29, 1.82) is 0 Å². The number of aliphatic hydroxyl groups is 2. The van der Waals surface area contributed by atoms with Gasteiger partial charge in [-0.1, -0.05) is 19.8 Å². The van der Waals surface area contributed by atoms with Gasteiger partial charge in [-0.3, -0.25) is 4.79 Å². The van der Waals surface area contributed by atoms with Crippen molar-refractivity contribution < 1.29 is 29.2 Å². The first-order valence-corrected chi connectivity index (χ1v) is 6.57. The quantitative estimate of drug-likeness (QED) is 0.453. The fraction of sp³-hybridized carbons (Fsp3) is 0.923. The Labute approximate surface area is 115 Å². The van der Waals surface area contributed by atoms with Crippen LogP contribution in [0.3, 0.4) is 0 Å². The monoisotopic (exact) mass is 280 g/mol. The van der Waals surface area contributed by atoms with E-state index in [2.05, 4.69) is 11.7 Å². The van der Waals surface area contributed by atoms with Crippen molar-refractivity contribution in [2.45, 2.75) is 39.2 Å². The highest BCUT2D eigenvalue weighted by molar-refractivity contribution is 5.65. The summed E-state index contributed by atoms with van der Waals surface area (Å²) in [5, 5.41) is 16.2. The third-order valence-corrected chi connectivity index (χ3v) is 2.16. The van der Waals surface area contributed by atoms with Crippen LogP contribution in [0.15, 0.2) is 0 Å². The fourth-order valence-corrected chi connectivity index (χ4v) is 1.14. The summed E-state index contributed by atoms with van der Waals surface area (Å²) in [6, 6.07) is 0. The second-order valence-corrected chi connectivity index (χ2v) is 3.86. The van der Waals surface area contributed by atoms with Crippen molar-refractivity contribution >= 4 is 5.97 Å². The van der Waals surface area contributed by atoms with E-state index in [0.717, 1.165) is 19.3 Å². The number of unbranched alkanes of at least 4 members (excludes halogenated alkanes) is 1. The summed E-state index contributed by atoms with van der Waals surface area (Å²) in [4.78, 5) is 10.5. The van der Waals surface area contributed by atoms with E-state index in [-0.39, 0.29) is 25.3 Å². The molecular weight excluding hydrogens is 252 g/mol. The lowest BCUT2D eigenvalue weighted by Gasteiger charge is -2.13. The van der Waals surface area contributed by atoms with E-state index in [9.17, 15) is 4.79 Å². The van der Waals surface area contributed by atoms with Gasteiger partial charge in [0.1, 0.15) is 6.61 Å². The summed E-state index contributed by atoms with van der Waals surface area (Å²) < 4.78 is 14.6. The number of hydrogen-bond acceptors (Lipinski definition) is 6. The van der Waals surface area contributed by atoms with E-state index in [1.807, 2.05) is 0 Å². The van der Waals surface area contributed by atoms with Crippen LogP contribution in [0, 0.1) is 0 Å². The number of ether oxygens (including phenoxy) is 3. The molecule has 19 heavy (non-hydrogen) atoms. The normalized spacial score (nSPS) is 11.4. The first kappa shape index (κ1) is 20.6. The molecule has 0 fully saturated rings. The zero-order chi connectivity index (χ0) is 14.9. The van der Waals surface area contributed by atoms with Crippen molar-refractivity contribution in [3.05, 3.63) is 0 Å². The van der Waals surface area contributed by atoms with Crippen molar-refractivity contribution in [3.8, 4) is 0 Å². The van der Waals surface area contributed by atoms with Gasteiger partial charge in [-0.25, -0.2) is 0 Å². The molecule has 6 nitrogen and oxygen atoms in total. The molecule has 116 valence electrons. The van der Waals surface area contributed by atoms with Crippen LogP contribution in [0.25, 0.3) is 0 Å². The maximum Gasteiger partial charge on any atom is 0.302 e. The van der Waals surface area contributed by atoms with E-state index >= 15 is 0 Å². The van der Waals surface area contributed by atoms with Crippen molar-refractivity contribution in [2.75, 3.05) is 40.1 Å². The molecule has 0 saturated heterocycles. The fourth-order valence-electron chi connectivity index (χ4n) is 1.14. The minimum atomic E-state index is -0.242. The molecule has 0 amide bonds. The second kappa shape index (κ2) is 17.3. The summed E-state index contributed by atoms with van der Waals surface area (Å²) >= 11 is 0. The molecule has 0 bridgehead atoms. The molecule has 0 saturated carbocycles. The standard InChI is InChI=1S/C9H18O3.C4H10O3/c1-4-5-6-9(11-3)7-12-8(2)10;5-1-3-7-4-2-6/h9H,4-7H2,1-3H3;5-6H,1-4H2. The van der Waals surface area contributed by atoms with Crippen LogP contribution in [0.4, 0.5) is 0 Å². The largest absolute Gasteiger partial charge is 0.463 e. The molecule has 0 aliphatic carbocycles. The van der Waals surface area contributed by atoms with Crippen molar-refractivity contribution in [3.63, 3.8) is 0 Å². The van der Waals surface area contributed by atoms with Gasteiger partial charge >= 0.3 is 5.97 Å². The lowest BCUT2D eigenvalue weighted by molar-refractivity contribution is -0.144. The maximum absolute atomic E-state index is 10.5. The molecule has 1 atom stereocenters. The molecule has 1 unspecified atom stereocenters. The lowest BCUT2D eigenvalue weighted by atomic mass is 10.2. The number of esters is 1. The minimum Gasteiger partial charge on any atom is -0.463 e. The van der Waals surface area contributed by atoms with Gasteiger partial charge in [0.15, 0.2) is 0 Å². The summed E-state index contributed by atoms with van der Waals surface area (Å²) in [6.07, 6.45) is 3.27. The Balaban J connectivity index is 0. The Morgan fingerprint density at radius 2 is 1.79 bits per heavy atom. The predicted octanol–water partition coefficient (Wildman–Crippen LogP) is 0.742. The highest BCUT2D eigenvalue weighted by Crippen LogP contribution is 2.04. The smallest absolute Gasteiger partial charge is 0.302 e.